The van der Waals surface area contributed by atoms with Crippen molar-refractivity contribution in [1.29, 1.82) is 0 Å². The lowest BCUT2D eigenvalue weighted by atomic mass is 10.0. The highest BCUT2D eigenvalue weighted by molar-refractivity contribution is 5.98. The third-order valence-corrected chi connectivity index (χ3v) is 3.27. The van der Waals surface area contributed by atoms with Gasteiger partial charge in [-0.3, -0.25) is 9.59 Å². The summed E-state index contributed by atoms with van der Waals surface area (Å²) < 4.78 is 4.68. The van der Waals surface area contributed by atoms with Gasteiger partial charge in [0.25, 0.3) is 5.91 Å². The zero-order chi connectivity index (χ0) is 12.4. The lowest BCUT2D eigenvalue weighted by molar-refractivity contribution is -0.133. The van der Waals surface area contributed by atoms with E-state index in [0.29, 0.717) is 32.4 Å². The summed E-state index contributed by atoms with van der Waals surface area (Å²) in [4.78, 5) is 37.3. The Morgan fingerprint density at radius 2 is 2.00 bits per heavy atom. The molecule has 2 rings (SSSR count). The van der Waals surface area contributed by atoms with Gasteiger partial charge in [-0.05, 0) is 12.8 Å². The zero-order valence-electron chi connectivity index (χ0n) is 9.85. The monoisotopic (exact) mass is 240 g/mol. The van der Waals surface area contributed by atoms with Gasteiger partial charge in [-0.1, -0.05) is 6.92 Å². The number of piperidine rings is 1. The lowest BCUT2D eigenvalue weighted by Crippen LogP contribution is -2.48. The molecule has 0 aromatic rings. The van der Waals surface area contributed by atoms with Crippen molar-refractivity contribution < 1.29 is 19.1 Å². The van der Waals surface area contributed by atoms with Crippen LogP contribution in [0.1, 0.15) is 26.2 Å². The van der Waals surface area contributed by atoms with Crippen LogP contribution in [0, 0.1) is 0 Å². The number of rotatable bonds is 2. The minimum absolute atomic E-state index is 0.113. The van der Waals surface area contributed by atoms with Crippen molar-refractivity contribution >= 4 is 17.9 Å². The maximum absolute atomic E-state index is 11.5. The van der Waals surface area contributed by atoms with Crippen molar-refractivity contribution in [3.8, 4) is 0 Å². The Morgan fingerprint density at radius 1 is 1.35 bits per heavy atom. The highest BCUT2D eigenvalue weighted by atomic mass is 16.6. The standard InChI is InChI=1S/C11H16N2O4/c1-2-9(14)12-5-3-8(4-6-12)13-10(15)7-17-11(13)16/h8H,2-7H2,1H3. The van der Waals surface area contributed by atoms with Crippen molar-refractivity contribution in [2.24, 2.45) is 0 Å². The number of hydrogen-bond acceptors (Lipinski definition) is 4. The predicted molar refractivity (Wildman–Crippen MR) is 58.1 cm³/mol. The van der Waals surface area contributed by atoms with Crippen LogP contribution >= 0.6 is 0 Å². The third-order valence-electron chi connectivity index (χ3n) is 3.27. The van der Waals surface area contributed by atoms with Gasteiger partial charge in [0.05, 0.1) is 0 Å². The van der Waals surface area contributed by atoms with E-state index in [-0.39, 0.29) is 24.5 Å². The van der Waals surface area contributed by atoms with Crippen LogP contribution in [-0.4, -0.2) is 53.4 Å². The number of cyclic esters (lactones) is 1. The molecule has 2 saturated heterocycles. The number of amides is 3. The van der Waals surface area contributed by atoms with Crippen molar-refractivity contribution in [2.45, 2.75) is 32.2 Å². The molecule has 2 fully saturated rings. The molecule has 0 N–H and O–H groups in total. The zero-order valence-corrected chi connectivity index (χ0v) is 9.85. The van der Waals surface area contributed by atoms with Gasteiger partial charge in [0.15, 0.2) is 6.61 Å². The van der Waals surface area contributed by atoms with E-state index >= 15 is 0 Å². The Labute approximate surface area is 99.5 Å². The Hall–Kier alpha value is -1.59. The van der Waals surface area contributed by atoms with Crippen LogP contribution in [0.4, 0.5) is 4.79 Å². The fourth-order valence-electron chi connectivity index (χ4n) is 2.31. The summed E-state index contributed by atoms with van der Waals surface area (Å²) in [6, 6.07) is -0.113. The van der Waals surface area contributed by atoms with E-state index in [9.17, 15) is 14.4 Å². The molecule has 0 aromatic carbocycles. The van der Waals surface area contributed by atoms with Crippen LogP contribution in [0.2, 0.25) is 0 Å². The van der Waals surface area contributed by atoms with E-state index in [0.717, 1.165) is 0 Å². The van der Waals surface area contributed by atoms with Crippen LogP contribution in [0.5, 0.6) is 0 Å². The summed E-state index contributed by atoms with van der Waals surface area (Å²) in [5.74, 6) is -0.144. The molecular weight excluding hydrogens is 224 g/mol. The normalized spacial score (nSPS) is 21.9. The number of carbonyl (C=O) groups excluding carboxylic acids is 3. The fraction of sp³-hybridized carbons (Fsp3) is 0.727. The minimum Gasteiger partial charge on any atom is -0.439 e. The number of carbonyl (C=O) groups is 3. The Morgan fingerprint density at radius 3 is 2.47 bits per heavy atom. The average molecular weight is 240 g/mol. The molecule has 0 aromatic heterocycles. The summed E-state index contributed by atoms with van der Waals surface area (Å²) in [5, 5.41) is 0. The molecule has 6 nitrogen and oxygen atoms in total. The van der Waals surface area contributed by atoms with Gasteiger partial charge in [0.2, 0.25) is 5.91 Å². The van der Waals surface area contributed by atoms with E-state index in [1.165, 1.54) is 4.90 Å². The molecule has 0 bridgehead atoms. The molecular formula is C11H16N2O4. The lowest BCUT2D eigenvalue weighted by Gasteiger charge is -2.34. The number of imide groups is 1. The minimum atomic E-state index is -0.546. The van der Waals surface area contributed by atoms with Crippen LogP contribution in [-0.2, 0) is 14.3 Å². The third kappa shape index (κ3) is 2.25. The number of nitrogens with zero attached hydrogens (tertiary/aromatic N) is 2. The highest BCUT2D eigenvalue weighted by Gasteiger charge is 2.38. The molecule has 0 atom stereocenters. The molecule has 0 saturated carbocycles. The summed E-state index contributed by atoms with van der Waals surface area (Å²) in [5.41, 5.74) is 0. The van der Waals surface area contributed by atoms with E-state index < -0.39 is 6.09 Å². The first kappa shape index (κ1) is 11.9. The predicted octanol–water partition coefficient (Wildman–Crippen LogP) is 0.366. The Bertz CT molecular complexity index is 331. The van der Waals surface area contributed by atoms with Gasteiger partial charge in [0, 0.05) is 25.6 Å². The molecule has 3 amide bonds. The first-order valence-corrected chi connectivity index (χ1v) is 5.90. The van der Waals surface area contributed by atoms with Crippen LogP contribution in [0.25, 0.3) is 0 Å². The molecule has 94 valence electrons. The van der Waals surface area contributed by atoms with Crippen molar-refractivity contribution in [3.05, 3.63) is 0 Å². The van der Waals surface area contributed by atoms with E-state index in [2.05, 4.69) is 4.74 Å². The van der Waals surface area contributed by atoms with Crippen molar-refractivity contribution in [3.63, 3.8) is 0 Å². The Balaban J connectivity index is 1.93. The highest BCUT2D eigenvalue weighted by Crippen LogP contribution is 2.21. The maximum Gasteiger partial charge on any atom is 0.417 e. The van der Waals surface area contributed by atoms with Gasteiger partial charge in [0.1, 0.15) is 0 Å². The van der Waals surface area contributed by atoms with Gasteiger partial charge >= 0.3 is 6.09 Å². The SMILES string of the molecule is CCC(=O)N1CCC(N2C(=O)COC2=O)CC1. The first-order chi connectivity index (χ1) is 8.13. The van der Waals surface area contributed by atoms with Gasteiger partial charge < -0.3 is 9.64 Å². The summed E-state index contributed by atoms with van der Waals surface area (Å²) in [6.07, 6.45) is 1.24. The maximum atomic E-state index is 11.5. The van der Waals surface area contributed by atoms with Crippen molar-refractivity contribution in [2.75, 3.05) is 19.7 Å². The molecule has 0 spiro atoms. The molecule has 0 radical (unpaired) electrons. The topological polar surface area (TPSA) is 66.9 Å². The van der Waals surface area contributed by atoms with E-state index in [4.69, 9.17) is 0 Å². The molecule has 2 aliphatic rings. The molecule has 2 aliphatic heterocycles. The van der Waals surface area contributed by atoms with Gasteiger partial charge in [-0.25, -0.2) is 9.69 Å². The smallest absolute Gasteiger partial charge is 0.417 e. The summed E-state index contributed by atoms with van der Waals surface area (Å²) in [6.45, 7) is 2.89. The van der Waals surface area contributed by atoms with Crippen molar-refractivity contribution in [1.82, 2.24) is 9.80 Å². The van der Waals surface area contributed by atoms with Gasteiger partial charge in [-0.2, -0.15) is 0 Å². The van der Waals surface area contributed by atoms with E-state index in [1.807, 2.05) is 6.92 Å². The fourth-order valence-corrected chi connectivity index (χ4v) is 2.31. The second-order valence-corrected chi connectivity index (χ2v) is 4.28. The number of hydrogen-bond donors (Lipinski definition) is 0. The summed E-state index contributed by atoms with van der Waals surface area (Å²) >= 11 is 0. The summed E-state index contributed by atoms with van der Waals surface area (Å²) in [7, 11) is 0. The molecule has 6 heteroatoms. The van der Waals surface area contributed by atoms with Crippen LogP contribution in [0.15, 0.2) is 0 Å². The second-order valence-electron chi connectivity index (χ2n) is 4.28. The molecule has 0 aliphatic carbocycles. The molecule has 17 heavy (non-hydrogen) atoms. The number of ether oxygens (including phenoxy) is 1. The van der Waals surface area contributed by atoms with E-state index in [1.54, 1.807) is 4.90 Å². The molecule has 0 unspecified atom stereocenters. The quantitative estimate of drug-likeness (QED) is 0.699. The molecule has 2 heterocycles. The van der Waals surface area contributed by atoms with Crippen LogP contribution < -0.4 is 0 Å². The Kier molecular flexibility index (Phi) is 3.31. The average Bonchev–Trinajstić information content (AvgIpc) is 2.68. The second kappa shape index (κ2) is 4.73. The first-order valence-electron chi connectivity index (χ1n) is 5.90. The van der Waals surface area contributed by atoms with Gasteiger partial charge in [-0.15, -0.1) is 0 Å². The number of likely N-dealkylation sites (tertiary alicyclic amines) is 1. The largest absolute Gasteiger partial charge is 0.439 e. The van der Waals surface area contributed by atoms with Crippen LogP contribution in [0.3, 0.4) is 0 Å².